The minimum absolute atomic E-state index is 0.152. The Morgan fingerprint density at radius 3 is 3.24 bits per heavy atom. The summed E-state index contributed by atoms with van der Waals surface area (Å²) in [6.45, 7) is 2.97. The molecule has 6 heteroatoms. The van der Waals surface area contributed by atoms with E-state index >= 15 is 0 Å². The van der Waals surface area contributed by atoms with Crippen LogP contribution in [-0.4, -0.2) is 27.2 Å². The number of hydrogen-bond donors (Lipinski definition) is 2. The van der Waals surface area contributed by atoms with Gasteiger partial charge in [0.05, 0.1) is 6.20 Å². The van der Waals surface area contributed by atoms with Crippen molar-refractivity contribution in [3.63, 3.8) is 0 Å². The smallest absolute Gasteiger partial charge is 0.217 e. The molecule has 0 radical (unpaired) electrons. The fourth-order valence-corrected chi connectivity index (χ4v) is 2.68. The van der Waals surface area contributed by atoms with Crippen molar-refractivity contribution in [1.29, 1.82) is 0 Å². The zero-order chi connectivity index (χ0) is 14.8. The molecule has 21 heavy (non-hydrogen) atoms. The van der Waals surface area contributed by atoms with Gasteiger partial charge in [0, 0.05) is 42.5 Å². The van der Waals surface area contributed by atoms with Crippen molar-refractivity contribution < 1.29 is 4.79 Å². The molecule has 0 bridgehead atoms. The second-order valence-electron chi connectivity index (χ2n) is 5.43. The number of primary amides is 1. The van der Waals surface area contributed by atoms with Crippen molar-refractivity contribution in [2.45, 2.75) is 32.2 Å². The number of nitrogens with zero attached hydrogens (tertiary/aromatic N) is 3. The van der Waals surface area contributed by atoms with Gasteiger partial charge in [-0.2, -0.15) is 5.10 Å². The summed E-state index contributed by atoms with van der Waals surface area (Å²) < 4.78 is 1.90. The van der Waals surface area contributed by atoms with Gasteiger partial charge in [-0.05, 0) is 31.4 Å². The first-order valence-electron chi connectivity index (χ1n) is 7.19. The lowest BCUT2D eigenvalue weighted by Gasteiger charge is -2.10. The van der Waals surface area contributed by atoms with E-state index in [1.54, 1.807) is 0 Å². The van der Waals surface area contributed by atoms with E-state index in [1.807, 2.05) is 36.3 Å². The lowest BCUT2D eigenvalue weighted by molar-refractivity contribution is -0.118. The first-order chi connectivity index (χ1) is 10.1. The Kier molecular flexibility index (Phi) is 3.60. The fourth-order valence-electron chi connectivity index (χ4n) is 2.68. The van der Waals surface area contributed by atoms with Crippen LogP contribution in [0.2, 0.25) is 0 Å². The van der Waals surface area contributed by atoms with Crippen LogP contribution in [0, 0.1) is 0 Å². The number of aromatic nitrogens is 3. The second kappa shape index (κ2) is 5.55. The van der Waals surface area contributed by atoms with Crippen LogP contribution in [0.5, 0.6) is 0 Å². The molecular weight excluding hydrogens is 266 g/mol. The maximum absolute atomic E-state index is 10.9. The largest absolute Gasteiger partial charge is 0.370 e. The Labute approximate surface area is 123 Å². The molecule has 0 spiro atoms. The zero-order valence-corrected chi connectivity index (χ0v) is 12.0. The Hall–Kier alpha value is -2.37. The number of rotatable bonds is 5. The van der Waals surface area contributed by atoms with E-state index < -0.39 is 0 Å². The van der Waals surface area contributed by atoms with Gasteiger partial charge in [0.15, 0.2) is 0 Å². The molecule has 0 aliphatic carbocycles. The van der Waals surface area contributed by atoms with E-state index in [-0.39, 0.29) is 11.9 Å². The Morgan fingerprint density at radius 1 is 1.57 bits per heavy atom. The van der Waals surface area contributed by atoms with E-state index in [0.717, 1.165) is 24.3 Å². The van der Waals surface area contributed by atoms with Crippen molar-refractivity contribution in [3.8, 4) is 11.1 Å². The first-order valence-corrected chi connectivity index (χ1v) is 7.19. The van der Waals surface area contributed by atoms with E-state index in [9.17, 15) is 4.79 Å². The Balaban J connectivity index is 1.82. The molecule has 6 nitrogen and oxygen atoms in total. The van der Waals surface area contributed by atoms with E-state index in [2.05, 4.69) is 15.4 Å². The van der Waals surface area contributed by atoms with Crippen LogP contribution in [0.25, 0.3) is 11.1 Å². The van der Waals surface area contributed by atoms with Crippen molar-refractivity contribution >= 4 is 11.7 Å². The third-order valence-corrected chi connectivity index (χ3v) is 3.90. The van der Waals surface area contributed by atoms with Crippen LogP contribution in [-0.2, 0) is 11.2 Å². The molecule has 3 heterocycles. The summed E-state index contributed by atoms with van der Waals surface area (Å²) >= 11 is 0. The molecule has 1 atom stereocenters. The van der Waals surface area contributed by atoms with E-state index in [0.29, 0.717) is 12.8 Å². The van der Waals surface area contributed by atoms with E-state index in [4.69, 9.17) is 5.73 Å². The maximum Gasteiger partial charge on any atom is 0.217 e. The number of pyridine rings is 1. The molecule has 3 N–H and O–H groups in total. The number of carbonyl (C=O) groups excluding carboxylic acids is 1. The highest BCUT2D eigenvalue weighted by molar-refractivity contribution is 5.74. The summed E-state index contributed by atoms with van der Waals surface area (Å²) in [5, 5.41) is 7.70. The molecular formula is C15H19N5O. The predicted octanol–water partition coefficient (Wildman–Crippen LogP) is 1.74. The first kappa shape index (κ1) is 13.6. The molecule has 110 valence electrons. The van der Waals surface area contributed by atoms with Gasteiger partial charge in [0.25, 0.3) is 0 Å². The van der Waals surface area contributed by atoms with Crippen LogP contribution in [0.15, 0.2) is 24.7 Å². The second-order valence-corrected chi connectivity index (χ2v) is 5.43. The average Bonchev–Trinajstić information content (AvgIpc) is 3.12. The van der Waals surface area contributed by atoms with Gasteiger partial charge in [-0.25, -0.2) is 4.98 Å². The predicted molar refractivity (Wildman–Crippen MR) is 80.8 cm³/mol. The third-order valence-electron chi connectivity index (χ3n) is 3.90. The minimum Gasteiger partial charge on any atom is -0.370 e. The molecule has 1 unspecified atom stereocenters. The summed E-state index contributed by atoms with van der Waals surface area (Å²) in [6.07, 6.45) is 7.78. The number of hydrogen-bond acceptors (Lipinski definition) is 4. The highest BCUT2D eigenvalue weighted by Crippen LogP contribution is 2.31. The lowest BCUT2D eigenvalue weighted by Crippen LogP contribution is -2.14. The minimum atomic E-state index is -0.271. The number of carbonyl (C=O) groups is 1. The standard InChI is InChI=1S/C15H19N5O/c1-10(2-3-14(16)21)20-9-11(8-19-20)12-4-6-17-15-13(12)5-7-18-15/h4,6,8-10H,2-3,5,7H2,1H3,(H2,16,21)(H,17,18). The van der Waals surface area contributed by atoms with Crippen molar-refractivity contribution in [2.24, 2.45) is 5.73 Å². The van der Waals surface area contributed by atoms with Gasteiger partial charge < -0.3 is 11.1 Å². The topological polar surface area (TPSA) is 85.8 Å². The number of anilines is 1. The van der Waals surface area contributed by atoms with Crippen LogP contribution in [0.3, 0.4) is 0 Å². The van der Waals surface area contributed by atoms with Crippen LogP contribution < -0.4 is 11.1 Å². The van der Waals surface area contributed by atoms with Crippen molar-refractivity contribution in [3.05, 3.63) is 30.2 Å². The summed E-state index contributed by atoms with van der Waals surface area (Å²) in [5.74, 6) is 0.703. The van der Waals surface area contributed by atoms with E-state index in [1.165, 1.54) is 11.1 Å². The molecule has 2 aromatic heterocycles. The monoisotopic (exact) mass is 285 g/mol. The van der Waals surface area contributed by atoms with Gasteiger partial charge in [-0.1, -0.05) is 0 Å². The molecule has 0 fully saturated rings. The van der Waals surface area contributed by atoms with Gasteiger partial charge in [-0.15, -0.1) is 0 Å². The van der Waals surface area contributed by atoms with Gasteiger partial charge in [0.1, 0.15) is 5.82 Å². The Bertz CT molecular complexity index is 664. The molecule has 0 saturated carbocycles. The molecule has 0 aromatic carbocycles. The summed E-state index contributed by atoms with van der Waals surface area (Å²) in [6, 6.07) is 2.18. The lowest BCUT2D eigenvalue weighted by atomic mass is 10.0. The third kappa shape index (κ3) is 2.74. The number of nitrogens with two attached hydrogens (primary N) is 1. The van der Waals surface area contributed by atoms with Crippen molar-refractivity contribution in [2.75, 3.05) is 11.9 Å². The highest BCUT2D eigenvalue weighted by Gasteiger charge is 2.17. The van der Waals surface area contributed by atoms with Gasteiger partial charge in [0.2, 0.25) is 5.91 Å². The van der Waals surface area contributed by atoms with Crippen molar-refractivity contribution in [1.82, 2.24) is 14.8 Å². The summed E-state index contributed by atoms with van der Waals surface area (Å²) in [5.41, 5.74) is 8.71. The van der Waals surface area contributed by atoms with Crippen LogP contribution >= 0.6 is 0 Å². The van der Waals surface area contributed by atoms with Gasteiger partial charge >= 0.3 is 0 Å². The SMILES string of the molecule is CC(CCC(N)=O)n1cc(-c2ccnc3c2CCN3)cn1. The van der Waals surface area contributed by atoms with Crippen LogP contribution in [0.4, 0.5) is 5.82 Å². The molecule has 0 saturated heterocycles. The normalized spacial score (nSPS) is 14.5. The maximum atomic E-state index is 10.9. The molecule has 1 aliphatic rings. The van der Waals surface area contributed by atoms with Gasteiger partial charge in [-0.3, -0.25) is 9.48 Å². The number of nitrogens with one attached hydrogen (secondary N) is 1. The quantitative estimate of drug-likeness (QED) is 0.876. The van der Waals surface area contributed by atoms with Crippen LogP contribution in [0.1, 0.15) is 31.4 Å². The number of fused-ring (bicyclic) bond motifs is 1. The molecule has 1 aliphatic heterocycles. The molecule has 2 aromatic rings. The molecule has 1 amide bonds. The molecule has 3 rings (SSSR count). The number of amides is 1. The summed E-state index contributed by atoms with van der Waals surface area (Å²) in [4.78, 5) is 15.2. The average molecular weight is 285 g/mol. The summed E-state index contributed by atoms with van der Waals surface area (Å²) in [7, 11) is 0. The Morgan fingerprint density at radius 2 is 2.43 bits per heavy atom. The fraction of sp³-hybridized carbons (Fsp3) is 0.400. The highest BCUT2D eigenvalue weighted by atomic mass is 16.1. The zero-order valence-electron chi connectivity index (χ0n) is 12.0.